The second kappa shape index (κ2) is 7.85. The van der Waals surface area contributed by atoms with Gasteiger partial charge in [0.05, 0.1) is 28.7 Å². The Morgan fingerprint density at radius 1 is 1.18 bits per heavy atom. The molecule has 0 unspecified atom stereocenters. The Bertz CT molecular complexity index is 1030. The summed E-state index contributed by atoms with van der Waals surface area (Å²) in [6.45, 7) is 1.64. The van der Waals surface area contributed by atoms with Gasteiger partial charge in [0.1, 0.15) is 5.15 Å². The lowest BCUT2D eigenvalue weighted by Gasteiger charge is -2.09. The molecule has 0 bridgehead atoms. The molecule has 0 spiro atoms. The molecule has 1 amide bonds. The van der Waals surface area contributed by atoms with Gasteiger partial charge < -0.3 is 0 Å². The number of nitrogens with one attached hydrogen (secondary N) is 1. The summed E-state index contributed by atoms with van der Waals surface area (Å²) < 4.78 is 40.0. The van der Waals surface area contributed by atoms with Gasteiger partial charge in [-0.1, -0.05) is 35.9 Å². The summed E-state index contributed by atoms with van der Waals surface area (Å²) in [5, 5.41) is 8.11. The van der Waals surface area contributed by atoms with Gasteiger partial charge in [-0.15, -0.1) is 0 Å². The van der Waals surface area contributed by atoms with Crippen LogP contribution >= 0.6 is 11.6 Å². The highest BCUT2D eigenvalue weighted by atomic mass is 35.5. The van der Waals surface area contributed by atoms with Crippen molar-refractivity contribution in [3.63, 3.8) is 0 Å². The molecule has 3 aromatic rings. The second-order valence-electron chi connectivity index (χ2n) is 5.81. The number of rotatable bonds is 4. The van der Waals surface area contributed by atoms with Crippen LogP contribution in [0.3, 0.4) is 0 Å². The third kappa shape index (κ3) is 4.23. The first-order chi connectivity index (χ1) is 13.3. The molecule has 0 aliphatic carbocycles. The summed E-state index contributed by atoms with van der Waals surface area (Å²) in [6.07, 6.45) is -3.17. The number of aromatic nitrogens is 2. The maximum Gasteiger partial charge on any atom is 0.416 e. The van der Waals surface area contributed by atoms with Crippen molar-refractivity contribution in [2.24, 2.45) is 5.10 Å². The van der Waals surface area contributed by atoms with E-state index >= 15 is 0 Å². The first kappa shape index (κ1) is 19.6. The van der Waals surface area contributed by atoms with E-state index in [1.165, 1.54) is 23.0 Å². The van der Waals surface area contributed by atoms with Crippen molar-refractivity contribution in [3.8, 4) is 5.69 Å². The first-order valence-corrected chi connectivity index (χ1v) is 8.46. The minimum absolute atomic E-state index is 0.0783. The number of nitrogens with zero attached hydrogens (tertiary/aromatic N) is 3. The van der Waals surface area contributed by atoms with E-state index in [9.17, 15) is 18.0 Å². The molecule has 0 saturated carbocycles. The molecular formula is C19H14ClF3N4O. The van der Waals surface area contributed by atoms with Gasteiger partial charge in [-0.3, -0.25) is 4.79 Å². The van der Waals surface area contributed by atoms with Crippen molar-refractivity contribution < 1.29 is 18.0 Å². The van der Waals surface area contributed by atoms with Gasteiger partial charge in [0.25, 0.3) is 5.91 Å². The quantitative estimate of drug-likeness (QED) is 0.508. The summed E-state index contributed by atoms with van der Waals surface area (Å²) in [6, 6.07) is 13.2. The van der Waals surface area contributed by atoms with E-state index < -0.39 is 17.6 Å². The molecule has 0 aliphatic heterocycles. The van der Waals surface area contributed by atoms with E-state index in [0.29, 0.717) is 16.8 Å². The Labute approximate surface area is 163 Å². The molecule has 1 heterocycles. The van der Waals surface area contributed by atoms with Gasteiger partial charge in [-0.2, -0.15) is 23.4 Å². The van der Waals surface area contributed by atoms with Gasteiger partial charge >= 0.3 is 6.18 Å². The lowest BCUT2D eigenvalue weighted by molar-refractivity contribution is -0.137. The highest BCUT2D eigenvalue weighted by Gasteiger charge is 2.30. The van der Waals surface area contributed by atoms with Crippen LogP contribution in [0.2, 0.25) is 5.15 Å². The van der Waals surface area contributed by atoms with Crippen molar-refractivity contribution in [2.45, 2.75) is 13.1 Å². The third-order valence-corrected chi connectivity index (χ3v) is 4.23. The van der Waals surface area contributed by atoms with Gasteiger partial charge in [0, 0.05) is 5.56 Å². The number of hydrogen-bond acceptors (Lipinski definition) is 3. The van der Waals surface area contributed by atoms with Crippen LogP contribution in [0.4, 0.5) is 13.2 Å². The van der Waals surface area contributed by atoms with Gasteiger partial charge in [0.15, 0.2) is 0 Å². The van der Waals surface area contributed by atoms with Crippen LogP contribution in [-0.4, -0.2) is 21.9 Å². The smallest absolute Gasteiger partial charge is 0.267 e. The normalized spacial score (nSPS) is 11.8. The summed E-state index contributed by atoms with van der Waals surface area (Å²) in [7, 11) is 0. The van der Waals surface area contributed by atoms with Crippen molar-refractivity contribution >= 4 is 23.7 Å². The van der Waals surface area contributed by atoms with Crippen LogP contribution < -0.4 is 5.43 Å². The fourth-order valence-electron chi connectivity index (χ4n) is 2.45. The number of amides is 1. The molecule has 0 radical (unpaired) electrons. The molecule has 144 valence electrons. The van der Waals surface area contributed by atoms with E-state index in [2.05, 4.69) is 15.6 Å². The molecule has 5 nitrogen and oxygen atoms in total. The van der Waals surface area contributed by atoms with Crippen molar-refractivity contribution in [2.75, 3.05) is 0 Å². The fraction of sp³-hybridized carbons (Fsp3) is 0.105. The average molecular weight is 407 g/mol. The van der Waals surface area contributed by atoms with E-state index in [1.807, 2.05) is 0 Å². The largest absolute Gasteiger partial charge is 0.416 e. The molecule has 28 heavy (non-hydrogen) atoms. The van der Waals surface area contributed by atoms with Gasteiger partial charge in [-0.25, -0.2) is 10.1 Å². The molecule has 0 atom stereocenters. The highest BCUT2D eigenvalue weighted by molar-refractivity contribution is 6.32. The maximum atomic E-state index is 12.9. The van der Waals surface area contributed by atoms with E-state index in [0.717, 1.165) is 12.1 Å². The Balaban J connectivity index is 1.84. The molecule has 1 aromatic heterocycles. The minimum atomic E-state index is -4.48. The predicted molar refractivity (Wildman–Crippen MR) is 99.8 cm³/mol. The summed E-state index contributed by atoms with van der Waals surface area (Å²) in [5.74, 6) is -0.407. The molecule has 0 saturated heterocycles. The number of carbonyl (C=O) groups is 1. The number of aryl methyl sites for hydroxylation is 1. The van der Waals surface area contributed by atoms with E-state index in [4.69, 9.17) is 11.6 Å². The zero-order valence-electron chi connectivity index (χ0n) is 14.5. The Morgan fingerprint density at radius 2 is 1.89 bits per heavy atom. The van der Waals surface area contributed by atoms with E-state index in [1.54, 1.807) is 37.3 Å². The zero-order valence-corrected chi connectivity index (χ0v) is 15.3. The standard InChI is InChI=1S/C19H14ClF3N4O/c1-12-16(11-24-25-18(28)13-6-3-2-4-7-13)17(20)27(26-12)15-9-5-8-14(10-15)19(21,22)23/h2-11H,1H3,(H,25,28)/b24-11+. The number of carbonyl (C=O) groups excluding carboxylic acids is 1. The fourth-order valence-corrected chi connectivity index (χ4v) is 2.77. The monoisotopic (exact) mass is 406 g/mol. The van der Waals surface area contributed by atoms with Gasteiger partial charge in [-0.05, 0) is 37.3 Å². The summed E-state index contributed by atoms with van der Waals surface area (Å²) in [4.78, 5) is 12.0. The lowest BCUT2D eigenvalue weighted by atomic mass is 10.2. The van der Waals surface area contributed by atoms with Crippen LogP contribution in [0, 0.1) is 6.92 Å². The molecule has 0 fully saturated rings. The average Bonchev–Trinajstić information content (AvgIpc) is 2.96. The Kier molecular flexibility index (Phi) is 5.51. The second-order valence-corrected chi connectivity index (χ2v) is 6.17. The number of hydrogen-bond donors (Lipinski definition) is 1. The molecule has 2 aromatic carbocycles. The number of halogens is 4. The molecular weight excluding hydrogens is 393 g/mol. The van der Waals surface area contributed by atoms with Gasteiger partial charge in [0.2, 0.25) is 0 Å². The zero-order chi connectivity index (χ0) is 20.3. The molecule has 9 heteroatoms. The minimum Gasteiger partial charge on any atom is -0.267 e. The van der Waals surface area contributed by atoms with Crippen LogP contribution in [0.15, 0.2) is 59.7 Å². The SMILES string of the molecule is Cc1nn(-c2cccc(C(F)(F)F)c2)c(Cl)c1/C=N/NC(=O)c1ccccc1. The highest BCUT2D eigenvalue weighted by Crippen LogP contribution is 2.31. The van der Waals surface area contributed by atoms with Crippen LogP contribution in [0.25, 0.3) is 5.69 Å². The topological polar surface area (TPSA) is 59.3 Å². The van der Waals surface area contributed by atoms with Crippen LogP contribution in [-0.2, 0) is 6.18 Å². The van der Waals surface area contributed by atoms with Crippen molar-refractivity contribution in [3.05, 3.63) is 82.1 Å². The Morgan fingerprint density at radius 3 is 2.57 bits per heavy atom. The molecule has 3 rings (SSSR count). The third-order valence-electron chi connectivity index (χ3n) is 3.86. The Hall–Kier alpha value is -3.13. The number of alkyl halides is 3. The summed E-state index contributed by atoms with van der Waals surface area (Å²) >= 11 is 6.28. The lowest BCUT2D eigenvalue weighted by Crippen LogP contribution is -2.17. The molecule has 0 aliphatic rings. The number of hydrazone groups is 1. The van der Waals surface area contributed by atoms with E-state index in [-0.39, 0.29) is 10.8 Å². The van der Waals surface area contributed by atoms with Crippen LogP contribution in [0.5, 0.6) is 0 Å². The predicted octanol–water partition coefficient (Wildman–Crippen LogP) is 4.62. The number of benzene rings is 2. The summed E-state index contributed by atoms with van der Waals surface area (Å²) in [5.41, 5.74) is 2.98. The van der Waals surface area contributed by atoms with Crippen molar-refractivity contribution in [1.82, 2.24) is 15.2 Å². The van der Waals surface area contributed by atoms with Crippen LogP contribution in [0.1, 0.15) is 27.2 Å². The maximum absolute atomic E-state index is 12.9. The molecule has 1 N–H and O–H groups in total. The first-order valence-electron chi connectivity index (χ1n) is 8.08. The van der Waals surface area contributed by atoms with Crippen molar-refractivity contribution in [1.29, 1.82) is 0 Å².